The summed E-state index contributed by atoms with van der Waals surface area (Å²) >= 11 is 0. The van der Waals surface area contributed by atoms with Gasteiger partial charge in [0, 0.05) is 6.04 Å². The quantitative estimate of drug-likeness (QED) is 0.672. The van der Waals surface area contributed by atoms with Crippen LogP contribution in [0, 0.1) is 5.92 Å². The van der Waals surface area contributed by atoms with Gasteiger partial charge in [-0.1, -0.05) is 6.92 Å². The molecular formula is C10H19NO. The predicted octanol–water partition coefficient (Wildman–Crippen LogP) is 1.24. The van der Waals surface area contributed by atoms with Gasteiger partial charge in [-0.25, -0.2) is 0 Å². The summed E-state index contributed by atoms with van der Waals surface area (Å²) in [5.74, 6) is 0.812. The molecular weight excluding hydrogens is 150 g/mol. The number of hydrogen-bond acceptors (Lipinski definition) is 2. The van der Waals surface area contributed by atoms with Crippen LogP contribution >= 0.6 is 0 Å². The van der Waals surface area contributed by atoms with E-state index in [9.17, 15) is 5.11 Å². The summed E-state index contributed by atoms with van der Waals surface area (Å²) in [6.07, 6.45) is 4.81. The Hall–Kier alpha value is -0.0800. The van der Waals surface area contributed by atoms with Gasteiger partial charge >= 0.3 is 0 Å². The standard InChI is InChI=1S/C10H19NO/c1-2-6-11-7-5-8-3-4-9(12)10(8)11/h8-10,12H,2-7H2,1H3/t8-,9+,10+/m0/s1. The molecule has 3 atom stereocenters. The number of rotatable bonds is 2. The highest BCUT2D eigenvalue weighted by Gasteiger charge is 2.42. The fraction of sp³-hybridized carbons (Fsp3) is 1.00. The topological polar surface area (TPSA) is 23.5 Å². The molecule has 0 bridgehead atoms. The zero-order valence-electron chi connectivity index (χ0n) is 7.87. The minimum Gasteiger partial charge on any atom is -0.391 e. The summed E-state index contributed by atoms with van der Waals surface area (Å²) in [7, 11) is 0. The summed E-state index contributed by atoms with van der Waals surface area (Å²) in [4.78, 5) is 2.49. The third kappa shape index (κ3) is 1.27. The van der Waals surface area contributed by atoms with Crippen molar-refractivity contribution in [3.63, 3.8) is 0 Å². The number of aliphatic hydroxyl groups excluding tert-OH is 1. The summed E-state index contributed by atoms with van der Waals surface area (Å²) in [6.45, 7) is 4.62. The molecule has 1 aliphatic heterocycles. The normalized spacial score (nSPS) is 42.0. The van der Waals surface area contributed by atoms with Gasteiger partial charge in [-0.05, 0) is 44.7 Å². The van der Waals surface area contributed by atoms with Crippen LogP contribution in [0.15, 0.2) is 0 Å². The number of likely N-dealkylation sites (tertiary alicyclic amines) is 1. The lowest BCUT2D eigenvalue weighted by Crippen LogP contribution is -2.38. The third-order valence-electron chi connectivity index (χ3n) is 3.43. The fourth-order valence-corrected chi connectivity index (χ4v) is 2.93. The minimum atomic E-state index is -0.0240. The second-order valence-electron chi connectivity index (χ2n) is 4.22. The maximum absolute atomic E-state index is 9.75. The molecule has 0 unspecified atom stereocenters. The van der Waals surface area contributed by atoms with Gasteiger partial charge in [0.05, 0.1) is 6.10 Å². The van der Waals surface area contributed by atoms with E-state index in [2.05, 4.69) is 11.8 Å². The maximum atomic E-state index is 9.75. The highest BCUT2D eigenvalue weighted by Crippen LogP contribution is 2.37. The Bertz CT molecular complexity index is 158. The van der Waals surface area contributed by atoms with Gasteiger partial charge in [0.15, 0.2) is 0 Å². The van der Waals surface area contributed by atoms with Gasteiger partial charge in [0.2, 0.25) is 0 Å². The van der Waals surface area contributed by atoms with E-state index in [1.807, 2.05) is 0 Å². The Labute approximate surface area is 74.6 Å². The predicted molar refractivity (Wildman–Crippen MR) is 49.0 cm³/mol. The monoisotopic (exact) mass is 169 g/mol. The van der Waals surface area contributed by atoms with Crippen molar-refractivity contribution in [1.82, 2.24) is 4.90 Å². The molecule has 0 aromatic rings. The molecule has 2 nitrogen and oxygen atoms in total. The summed E-state index contributed by atoms with van der Waals surface area (Å²) < 4.78 is 0. The van der Waals surface area contributed by atoms with E-state index in [4.69, 9.17) is 0 Å². The first kappa shape index (κ1) is 8.52. The smallest absolute Gasteiger partial charge is 0.0698 e. The molecule has 12 heavy (non-hydrogen) atoms. The minimum absolute atomic E-state index is 0.0240. The van der Waals surface area contributed by atoms with Crippen LogP contribution < -0.4 is 0 Å². The van der Waals surface area contributed by atoms with Crippen molar-refractivity contribution in [1.29, 1.82) is 0 Å². The van der Waals surface area contributed by atoms with Crippen molar-refractivity contribution < 1.29 is 5.11 Å². The fourth-order valence-electron chi connectivity index (χ4n) is 2.93. The second-order valence-corrected chi connectivity index (χ2v) is 4.22. The van der Waals surface area contributed by atoms with E-state index >= 15 is 0 Å². The molecule has 1 saturated heterocycles. The van der Waals surface area contributed by atoms with Crippen molar-refractivity contribution >= 4 is 0 Å². The van der Waals surface area contributed by atoms with Crippen molar-refractivity contribution in [3.8, 4) is 0 Å². The molecule has 2 fully saturated rings. The molecule has 1 saturated carbocycles. The summed E-state index contributed by atoms with van der Waals surface area (Å²) in [5.41, 5.74) is 0. The van der Waals surface area contributed by atoms with Gasteiger partial charge in [-0.15, -0.1) is 0 Å². The number of nitrogens with zero attached hydrogens (tertiary/aromatic N) is 1. The molecule has 1 N–H and O–H groups in total. The molecule has 0 aromatic heterocycles. The number of hydrogen-bond donors (Lipinski definition) is 1. The number of fused-ring (bicyclic) bond motifs is 1. The molecule has 0 spiro atoms. The van der Waals surface area contributed by atoms with Crippen molar-refractivity contribution in [2.24, 2.45) is 5.92 Å². The molecule has 2 rings (SSSR count). The Kier molecular flexibility index (Phi) is 2.37. The van der Waals surface area contributed by atoms with Crippen LogP contribution in [0.5, 0.6) is 0 Å². The third-order valence-corrected chi connectivity index (χ3v) is 3.43. The zero-order chi connectivity index (χ0) is 8.55. The SMILES string of the molecule is CCCN1CC[C@@H]2CC[C@@H](O)[C@@H]21. The highest BCUT2D eigenvalue weighted by molar-refractivity contribution is 4.96. The largest absolute Gasteiger partial charge is 0.391 e. The Morgan fingerprint density at radius 3 is 2.92 bits per heavy atom. The van der Waals surface area contributed by atoms with Crippen molar-refractivity contribution in [3.05, 3.63) is 0 Å². The lowest BCUT2D eigenvalue weighted by Gasteiger charge is -2.25. The Balaban J connectivity index is 1.99. The average Bonchev–Trinajstić information content (AvgIpc) is 2.58. The molecule has 1 aliphatic carbocycles. The maximum Gasteiger partial charge on any atom is 0.0698 e. The first-order chi connectivity index (χ1) is 5.83. The average molecular weight is 169 g/mol. The molecule has 2 heteroatoms. The van der Waals surface area contributed by atoms with Gasteiger partial charge in [-0.2, -0.15) is 0 Å². The van der Waals surface area contributed by atoms with Gasteiger partial charge < -0.3 is 5.11 Å². The van der Waals surface area contributed by atoms with E-state index in [-0.39, 0.29) is 6.10 Å². The number of aliphatic hydroxyl groups is 1. The molecule has 0 radical (unpaired) electrons. The molecule has 70 valence electrons. The van der Waals surface area contributed by atoms with Gasteiger partial charge in [0.25, 0.3) is 0 Å². The van der Waals surface area contributed by atoms with Crippen LogP contribution in [0.25, 0.3) is 0 Å². The van der Waals surface area contributed by atoms with Gasteiger partial charge in [-0.3, -0.25) is 4.90 Å². The highest BCUT2D eigenvalue weighted by atomic mass is 16.3. The second kappa shape index (κ2) is 3.35. The van der Waals surface area contributed by atoms with Crippen molar-refractivity contribution in [2.45, 2.75) is 44.8 Å². The summed E-state index contributed by atoms with van der Waals surface area (Å²) in [5, 5.41) is 9.75. The molecule has 0 aromatic carbocycles. The lowest BCUT2D eigenvalue weighted by molar-refractivity contribution is 0.0848. The van der Waals surface area contributed by atoms with E-state index < -0.39 is 0 Å². The van der Waals surface area contributed by atoms with Crippen LogP contribution in [0.2, 0.25) is 0 Å². The zero-order valence-corrected chi connectivity index (χ0v) is 7.87. The van der Waals surface area contributed by atoms with Crippen LogP contribution in [-0.4, -0.2) is 35.2 Å². The summed E-state index contributed by atoms with van der Waals surface area (Å²) in [6, 6.07) is 0.518. The van der Waals surface area contributed by atoms with Crippen LogP contribution in [-0.2, 0) is 0 Å². The van der Waals surface area contributed by atoms with Crippen LogP contribution in [0.3, 0.4) is 0 Å². The van der Waals surface area contributed by atoms with E-state index in [0.717, 1.165) is 12.3 Å². The first-order valence-corrected chi connectivity index (χ1v) is 5.25. The first-order valence-electron chi connectivity index (χ1n) is 5.25. The van der Waals surface area contributed by atoms with E-state index in [1.165, 1.54) is 32.4 Å². The molecule has 2 aliphatic rings. The van der Waals surface area contributed by atoms with Crippen molar-refractivity contribution in [2.75, 3.05) is 13.1 Å². The lowest BCUT2D eigenvalue weighted by atomic mass is 10.0. The van der Waals surface area contributed by atoms with E-state index in [1.54, 1.807) is 0 Å². The van der Waals surface area contributed by atoms with E-state index in [0.29, 0.717) is 6.04 Å². The van der Waals surface area contributed by atoms with Gasteiger partial charge in [0.1, 0.15) is 0 Å². The van der Waals surface area contributed by atoms with Crippen LogP contribution in [0.1, 0.15) is 32.6 Å². The Morgan fingerprint density at radius 1 is 1.33 bits per heavy atom. The van der Waals surface area contributed by atoms with Crippen LogP contribution in [0.4, 0.5) is 0 Å². The Morgan fingerprint density at radius 2 is 2.17 bits per heavy atom. The molecule has 0 amide bonds. The molecule has 1 heterocycles.